The van der Waals surface area contributed by atoms with Gasteiger partial charge in [-0.3, -0.25) is 14.9 Å². The van der Waals surface area contributed by atoms with Crippen molar-refractivity contribution in [2.24, 2.45) is 16.1 Å². The summed E-state index contributed by atoms with van der Waals surface area (Å²) >= 11 is 0. The van der Waals surface area contributed by atoms with Crippen LogP contribution in [0.25, 0.3) is 0 Å². The number of hydrogen-bond donors (Lipinski definition) is 4. The van der Waals surface area contributed by atoms with Crippen molar-refractivity contribution < 1.29 is 15.0 Å². The molecule has 94 valence electrons. The molecule has 0 fully saturated rings. The van der Waals surface area contributed by atoms with Crippen LogP contribution >= 0.6 is 0 Å². The van der Waals surface area contributed by atoms with Gasteiger partial charge in [0, 0.05) is 0 Å². The van der Waals surface area contributed by atoms with Crippen molar-refractivity contribution in [1.29, 1.82) is 0 Å². The lowest BCUT2D eigenvalue weighted by molar-refractivity contribution is 0.100. The van der Waals surface area contributed by atoms with E-state index >= 15 is 0 Å². The maximum atomic E-state index is 10.9. The molecule has 0 aliphatic rings. The van der Waals surface area contributed by atoms with Crippen LogP contribution in [-0.4, -0.2) is 57.6 Å². The lowest BCUT2D eigenvalue weighted by Gasteiger charge is -2.13. The van der Waals surface area contributed by atoms with Crippen molar-refractivity contribution in [3.8, 4) is 0 Å². The number of aliphatic hydroxyl groups is 2. The van der Waals surface area contributed by atoms with Crippen LogP contribution in [0.1, 0.15) is 10.4 Å². The van der Waals surface area contributed by atoms with Crippen molar-refractivity contribution in [3.05, 3.63) is 11.8 Å². The van der Waals surface area contributed by atoms with E-state index in [2.05, 4.69) is 20.5 Å². The third kappa shape index (κ3) is 3.81. The molecule has 0 aromatic carbocycles. The van der Waals surface area contributed by atoms with Crippen LogP contribution in [0.5, 0.6) is 0 Å². The molecule has 1 rings (SSSR count). The van der Waals surface area contributed by atoms with Gasteiger partial charge in [0.25, 0.3) is 5.91 Å². The molecule has 17 heavy (non-hydrogen) atoms. The molecule has 9 nitrogen and oxygen atoms in total. The Balaban J connectivity index is 2.73. The molecule has 0 bridgehead atoms. The fraction of sp³-hybridized carbons (Fsp3) is 0.500. The second-order valence-electron chi connectivity index (χ2n) is 3.09. The van der Waals surface area contributed by atoms with Crippen LogP contribution in [0.2, 0.25) is 0 Å². The topological polar surface area (TPSA) is 140 Å². The maximum absolute atomic E-state index is 10.9. The molecular formula is C8H14N6O3. The van der Waals surface area contributed by atoms with Gasteiger partial charge in [-0.15, -0.1) is 5.11 Å². The zero-order valence-corrected chi connectivity index (χ0v) is 9.07. The van der Waals surface area contributed by atoms with Crippen LogP contribution < -0.4 is 5.73 Å². The van der Waals surface area contributed by atoms with Gasteiger partial charge in [0.2, 0.25) is 0 Å². The molecule has 0 saturated carbocycles. The Hall–Kier alpha value is -2.00. The monoisotopic (exact) mass is 242 g/mol. The molecule has 9 heteroatoms. The van der Waals surface area contributed by atoms with Crippen molar-refractivity contribution in [1.82, 2.24) is 15.2 Å². The van der Waals surface area contributed by atoms with E-state index in [1.807, 2.05) is 0 Å². The van der Waals surface area contributed by atoms with Gasteiger partial charge in [0.15, 0.2) is 5.82 Å². The Bertz CT molecular complexity index is 384. The summed E-state index contributed by atoms with van der Waals surface area (Å²) < 4.78 is 0. The van der Waals surface area contributed by atoms with Crippen molar-refractivity contribution in [3.63, 3.8) is 0 Å². The van der Waals surface area contributed by atoms with Crippen LogP contribution in [0.15, 0.2) is 16.5 Å². The summed E-state index contributed by atoms with van der Waals surface area (Å²) in [4.78, 5) is 10.9. The van der Waals surface area contributed by atoms with E-state index in [0.29, 0.717) is 0 Å². The number of H-pyrrole nitrogens is 1. The van der Waals surface area contributed by atoms with E-state index in [-0.39, 0.29) is 37.7 Å². The minimum absolute atomic E-state index is 0.120. The normalized spacial score (nSPS) is 10.9. The summed E-state index contributed by atoms with van der Waals surface area (Å²) in [5, 5.41) is 32.4. The second-order valence-corrected chi connectivity index (χ2v) is 3.09. The number of carbonyl (C=O) groups excluding carboxylic acids is 1. The molecule has 1 aromatic heterocycles. The molecule has 1 aromatic rings. The van der Waals surface area contributed by atoms with Gasteiger partial charge in [-0.25, -0.2) is 0 Å². The Labute approximate surface area is 96.9 Å². The summed E-state index contributed by atoms with van der Waals surface area (Å²) in [7, 11) is 0. The number of amides is 1. The molecule has 0 aliphatic carbocycles. The number of aromatic amines is 1. The number of rotatable bonds is 7. The van der Waals surface area contributed by atoms with E-state index in [4.69, 9.17) is 15.9 Å². The third-order valence-electron chi connectivity index (χ3n) is 1.87. The smallest absolute Gasteiger partial charge is 0.254 e. The molecule has 0 atom stereocenters. The highest BCUT2D eigenvalue weighted by Crippen LogP contribution is 2.14. The number of carbonyl (C=O) groups is 1. The Morgan fingerprint density at radius 3 is 2.65 bits per heavy atom. The van der Waals surface area contributed by atoms with Crippen LogP contribution in [0.4, 0.5) is 5.82 Å². The van der Waals surface area contributed by atoms with Gasteiger partial charge in [0.05, 0.1) is 32.5 Å². The van der Waals surface area contributed by atoms with E-state index in [9.17, 15) is 4.79 Å². The van der Waals surface area contributed by atoms with Crippen LogP contribution in [-0.2, 0) is 0 Å². The SMILES string of the molecule is NC(=O)c1cn[nH]c1/N=N/N(CCO)CCO. The first-order chi connectivity index (χ1) is 8.19. The lowest BCUT2D eigenvalue weighted by Crippen LogP contribution is -2.24. The predicted molar refractivity (Wildman–Crippen MR) is 57.4 cm³/mol. The summed E-state index contributed by atoms with van der Waals surface area (Å²) in [6.45, 7) is 0.212. The average Bonchev–Trinajstić information content (AvgIpc) is 2.74. The minimum Gasteiger partial charge on any atom is -0.394 e. The first-order valence-corrected chi connectivity index (χ1v) is 4.90. The number of nitrogens with zero attached hydrogens (tertiary/aromatic N) is 4. The van der Waals surface area contributed by atoms with Crippen LogP contribution in [0, 0.1) is 0 Å². The largest absolute Gasteiger partial charge is 0.394 e. The summed E-state index contributed by atoms with van der Waals surface area (Å²) in [5.41, 5.74) is 5.22. The number of nitrogens with one attached hydrogen (secondary N) is 1. The van der Waals surface area contributed by atoms with Crippen molar-refractivity contribution >= 4 is 11.7 Å². The van der Waals surface area contributed by atoms with Gasteiger partial charge in [-0.2, -0.15) is 5.10 Å². The predicted octanol–water partition coefficient (Wildman–Crippen LogP) is -1.21. The Morgan fingerprint density at radius 1 is 1.47 bits per heavy atom. The van der Waals surface area contributed by atoms with Crippen molar-refractivity contribution in [2.45, 2.75) is 0 Å². The number of aromatic nitrogens is 2. The summed E-state index contributed by atoms with van der Waals surface area (Å²) in [5.74, 6) is -0.526. The molecule has 0 unspecified atom stereocenters. The molecule has 0 spiro atoms. The minimum atomic E-state index is -0.663. The Morgan fingerprint density at radius 2 is 2.12 bits per heavy atom. The van der Waals surface area contributed by atoms with Gasteiger partial charge >= 0.3 is 0 Å². The second kappa shape index (κ2) is 6.55. The van der Waals surface area contributed by atoms with E-state index in [1.54, 1.807) is 0 Å². The molecule has 5 N–H and O–H groups in total. The van der Waals surface area contributed by atoms with Crippen molar-refractivity contribution in [2.75, 3.05) is 26.3 Å². The number of nitrogens with two attached hydrogens (primary N) is 1. The van der Waals surface area contributed by atoms with E-state index in [0.717, 1.165) is 0 Å². The zero-order chi connectivity index (χ0) is 12.7. The highest BCUT2D eigenvalue weighted by Gasteiger charge is 2.10. The van der Waals surface area contributed by atoms with E-state index < -0.39 is 5.91 Å². The van der Waals surface area contributed by atoms with Gasteiger partial charge < -0.3 is 15.9 Å². The fourth-order valence-electron chi connectivity index (χ4n) is 1.08. The highest BCUT2D eigenvalue weighted by molar-refractivity contribution is 5.96. The lowest BCUT2D eigenvalue weighted by atomic mass is 10.3. The number of hydrogen-bond acceptors (Lipinski definition) is 6. The summed E-state index contributed by atoms with van der Waals surface area (Å²) in [6, 6.07) is 0. The summed E-state index contributed by atoms with van der Waals surface area (Å²) in [6.07, 6.45) is 1.25. The number of aliphatic hydroxyl groups excluding tert-OH is 2. The molecule has 0 radical (unpaired) electrons. The van der Waals surface area contributed by atoms with Gasteiger partial charge in [0.1, 0.15) is 5.56 Å². The fourth-order valence-corrected chi connectivity index (χ4v) is 1.08. The van der Waals surface area contributed by atoms with E-state index in [1.165, 1.54) is 11.2 Å². The van der Waals surface area contributed by atoms with Crippen LogP contribution in [0.3, 0.4) is 0 Å². The van der Waals surface area contributed by atoms with Gasteiger partial charge in [-0.1, -0.05) is 5.22 Å². The maximum Gasteiger partial charge on any atom is 0.254 e. The molecule has 1 heterocycles. The average molecular weight is 242 g/mol. The first-order valence-electron chi connectivity index (χ1n) is 4.90. The zero-order valence-electron chi connectivity index (χ0n) is 9.07. The highest BCUT2D eigenvalue weighted by atomic mass is 16.3. The quantitative estimate of drug-likeness (QED) is 0.351. The first kappa shape index (κ1) is 13.1. The molecule has 0 aliphatic heterocycles. The van der Waals surface area contributed by atoms with Gasteiger partial charge in [-0.05, 0) is 0 Å². The number of primary amides is 1. The molecule has 0 saturated heterocycles. The molecule has 1 amide bonds. The Kier molecular flexibility index (Phi) is 5.04. The molecular weight excluding hydrogens is 228 g/mol. The third-order valence-corrected chi connectivity index (χ3v) is 1.87. The standard InChI is InChI=1S/C8H14N6O3/c9-7(17)6-5-10-11-8(6)12-13-14(1-3-15)2-4-16/h5,15-16H,1-4H2,(H2,9,17)(H,10,11)/b13-12+.